The average molecular weight is 359 g/mol. The second-order valence-electron chi connectivity index (χ2n) is 5.78. The van der Waals surface area contributed by atoms with Gasteiger partial charge in [0.2, 0.25) is 5.91 Å². The Labute approximate surface area is 145 Å². The highest BCUT2D eigenvalue weighted by Gasteiger charge is 2.40. The van der Waals surface area contributed by atoms with Crippen LogP contribution < -0.4 is 5.32 Å². The smallest absolute Gasteiger partial charge is 0.253 e. The molecule has 5 nitrogen and oxygen atoms in total. The first-order valence-electron chi connectivity index (χ1n) is 7.52. The number of nitrogens with zero attached hydrogens (tertiary/aromatic N) is 1. The minimum Gasteiger partial charge on any atom is -0.378 e. The number of hydrogen-bond acceptors (Lipinski definition) is 3. The van der Waals surface area contributed by atoms with Gasteiger partial charge in [0.25, 0.3) is 5.91 Å². The zero-order valence-corrected chi connectivity index (χ0v) is 14.5. The van der Waals surface area contributed by atoms with E-state index in [-0.39, 0.29) is 12.5 Å². The summed E-state index contributed by atoms with van der Waals surface area (Å²) >= 11 is 12.2. The largest absolute Gasteiger partial charge is 0.378 e. The van der Waals surface area contributed by atoms with Crippen LogP contribution in [0.5, 0.6) is 0 Å². The Kier molecular flexibility index (Phi) is 5.89. The van der Waals surface area contributed by atoms with Gasteiger partial charge in [-0.1, -0.05) is 29.3 Å². The number of nitrogens with one attached hydrogen (secondary N) is 1. The van der Waals surface area contributed by atoms with Gasteiger partial charge in [-0.15, -0.1) is 0 Å². The summed E-state index contributed by atoms with van der Waals surface area (Å²) in [5, 5.41) is 14.3. The van der Waals surface area contributed by atoms with Gasteiger partial charge in [0.1, 0.15) is 0 Å². The Bertz CT molecular complexity index is 589. The molecule has 0 spiro atoms. The summed E-state index contributed by atoms with van der Waals surface area (Å²) in [6.07, 6.45) is 1.41. The van der Waals surface area contributed by atoms with Crippen molar-refractivity contribution in [2.75, 3.05) is 19.6 Å². The van der Waals surface area contributed by atoms with Gasteiger partial charge >= 0.3 is 0 Å². The number of benzene rings is 1. The van der Waals surface area contributed by atoms with Gasteiger partial charge < -0.3 is 15.3 Å². The third kappa shape index (κ3) is 4.37. The highest BCUT2D eigenvalue weighted by molar-refractivity contribution is 6.36. The van der Waals surface area contributed by atoms with Gasteiger partial charge in [0.15, 0.2) is 5.60 Å². The summed E-state index contributed by atoms with van der Waals surface area (Å²) < 4.78 is 0. The predicted molar refractivity (Wildman–Crippen MR) is 89.6 cm³/mol. The summed E-state index contributed by atoms with van der Waals surface area (Å²) in [7, 11) is 0. The second-order valence-corrected chi connectivity index (χ2v) is 6.60. The van der Waals surface area contributed by atoms with Crippen molar-refractivity contribution in [3.8, 4) is 0 Å². The van der Waals surface area contributed by atoms with Crippen LogP contribution in [0.3, 0.4) is 0 Å². The molecule has 1 aliphatic heterocycles. The molecule has 2 N–H and O–H groups in total. The molecule has 1 atom stereocenters. The average Bonchev–Trinajstić information content (AvgIpc) is 2.50. The monoisotopic (exact) mass is 358 g/mol. The SMILES string of the molecule is CC(=O)N1CCC[C@](O)(C(=O)NCCc2c(Cl)cccc2Cl)C1. The topological polar surface area (TPSA) is 69.6 Å². The molecule has 1 fully saturated rings. The summed E-state index contributed by atoms with van der Waals surface area (Å²) in [4.78, 5) is 25.2. The maximum Gasteiger partial charge on any atom is 0.253 e. The molecule has 0 saturated carbocycles. The predicted octanol–water partition coefficient (Wildman–Crippen LogP) is 2.03. The lowest BCUT2D eigenvalue weighted by molar-refractivity contribution is -0.150. The number of carbonyl (C=O) groups excluding carboxylic acids is 2. The van der Waals surface area contributed by atoms with Crippen molar-refractivity contribution in [2.45, 2.75) is 31.8 Å². The third-order valence-corrected chi connectivity index (χ3v) is 4.77. The maximum absolute atomic E-state index is 12.3. The van der Waals surface area contributed by atoms with Gasteiger partial charge in [-0.25, -0.2) is 0 Å². The van der Waals surface area contributed by atoms with Crippen LogP contribution in [0.15, 0.2) is 18.2 Å². The number of piperidine rings is 1. The number of likely N-dealkylation sites (tertiary alicyclic amines) is 1. The van der Waals surface area contributed by atoms with E-state index in [1.165, 1.54) is 11.8 Å². The number of β-amino-alcohol motifs (C(OH)–C–C–N with tert-alkyl or cyclic N) is 1. The molecule has 126 valence electrons. The van der Waals surface area contributed by atoms with Gasteiger partial charge in [0.05, 0.1) is 6.54 Å². The molecule has 1 aromatic rings. The lowest BCUT2D eigenvalue weighted by Gasteiger charge is -2.37. The Morgan fingerprint density at radius 2 is 2.00 bits per heavy atom. The molecule has 2 amide bonds. The quantitative estimate of drug-likeness (QED) is 0.864. The summed E-state index contributed by atoms with van der Waals surface area (Å²) in [6, 6.07) is 5.24. The molecule has 2 rings (SSSR count). The van der Waals surface area contributed by atoms with Crippen LogP contribution in [-0.4, -0.2) is 47.1 Å². The molecule has 0 unspecified atom stereocenters. The van der Waals surface area contributed by atoms with E-state index >= 15 is 0 Å². The van der Waals surface area contributed by atoms with Crippen molar-refractivity contribution < 1.29 is 14.7 Å². The highest BCUT2D eigenvalue weighted by atomic mass is 35.5. The minimum absolute atomic E-state index is 0.0288. The van der Waals surface area contributed by atoms with Crippen LogP contribution in [0.4, 0.5) is 0 Å². The first-order chi connectivity index (χ1) is 10.8. The number of halogens is 2. The zero-order valence-electron chi connectivity index (χ0n) is 12.9. The molecule has 0 radical (unpaired) electrons. The van der Waals surface area contributed by atoms with E-state index in [4.69, 9.17) is 23.2 Å². The van der Waals surface area contributed by atoms with Crippen molar-refractivity contribution in [3.05, 3.63) is 33.8 Å². The summed E-state index contributed by atoms with van der Waals surface area (Å²) in [5.41, 5.74) is -0.772. The van der Waals surface area contributed by atoms with E-state index in [0.717, 1.165) is 5.56 Å². The number of hydrogen-bond donors (Lipinski definition) is 2. The number of carbonyl (C=O) groups is 2. The lowest BCUT2D eigenvalue weighted by atomic mass is 9.91. The van der Waals surface area contributed by atoms with Crippen LogP contribution in [0.25, 0.3) is 0 Å². The van der Waals surface area contributed by atoms with Gasteiger partial charge in [-0.2, -0.15) is 0 Å². The normalized spacial score (nSPS) is 21.1. The molecule has 1 aromatic carbocycles. The first-order valence-corrected chi connectivity index (χ1v) is 8.28. The molecule has 23 heavy (non-hydrogen) atoms. The third-order valence-electron chi connectivity index (χ3n) is 4.06. The molecule has 0 bridgehead atoms. The van der Waals surface area contributed by atoms with Crippen molar-refractivity contribution in [1.82, 2.24) is 10.2 Å². The van der Waals surface area contributed by atoms with Crippen molar-refractivity contribution in [3.63, 3.8) is 0 Å². The van der Waals surface area contributed by atoms with Crippen molar-refractivity contribution in [1.29, 1.82) is 0 Å². The van der Waals surface area contributed by atoms with Gasteiger partial charge in [-0.3, -0.25) is 9.59 Å². The number of rotatable bonds is 4. The Morgan fingerprint density at radius 1 is 1.35 bits per heavy atom. The molecule has 1 heterocycles. The summed E-state index contributed by atoms with van der Waals surface area (Å²) in [5.74, 6) is -0.606. The van der Waals surface area contributed by atoms with E-state index in [1.807, 2.05) is 0 Å². The zero-order chi connectivity index (χ0) is 17.0. The van der Waals surface area contributed by atoms with Gasteiger partial charge in [-0.05, 0) is 37.0 Å². The fourth-order valence-electron chi connectivity index (χ4n) is 2.73. The van der Waals surface area contributed by atoms with E-state index < -0.39 is 11.5 Å². The molecular weight excluding hydrogens is 339 g/mol. The molecule has 7 heteroatoms. The summed E-state index contributed by atoms with van der Waals surface area (Å²) in [6.45, 7) is 2.34. The molecular formula is C16H20Cl2N2O3. The fourth-order valence-corrected chi connectivity index (χ4v) is 3.31. The van der Waals surface area contributed by atoms with Crippen molar-refractivity contribution in [2.24, 2.45) is 0 Å². The Hall–Kier alpha value is -1.30. The van der Waals surface area contributed by atoms with Crippen LogP contribution in [0.1, 0.15) is 25.3 Å². The van der Waals surface area contributed by atoms with Crippen LogP contribution >= 0.6 is 23.2 Å². The Balaban J connectivity index is 1.93. The molecule has 0 aliphatic carbocycles. The van der Waals surface area contributed by atoms with E-state index in [1.54, 1.807) is 18.2 Å². The van der Waals surface area contributed by atoms with E-state index in [0.29, 0.717) is 42.4 Å². The van der Waals surface area contributed by atoms with Crippen LogP contribution in [-0.2, 0) is 16.0 Å². The maximum atomic E-state index is 12.3. The van der Waals surface area contributed by atoms with Crippen LogP contribution in [0.2, 0.25) is 10.0 Å². The standard InChI is InChI=1S/C16H20Cl2N2O3/c1-11(21)20-9-3-7-16(23,10-20)15(22)19-8-6-12-13(17)4-2-5-14(12)18/h2,4-5,23H,3,6-10H2,1H3,(H,19,22)/t16-/m1/s1. The van der Waals surface area contributed by atoms with Gasteiger partial charge in [0, 0.05) is 30.1 Å². The van der Waals surface area contributed by atoms with Crippen LogP contribution in [0, 0.1) is 0 Å². The fraction of sp³-hybridized carbons (Fsp3) is 0.500. The molecule has 0 aromatic heterocycles. The van der Waals surface area contributed by atoms with Crippen molar-refractivity contribution >= 4 is 35.0 Å². The molecule has 1 saturated heterocycles. The minimum atomic E-state index is -1.53. The Morgan fingerprint density at radius 3 is 2.61 bits per heavy atom. The van der Waals surface area contributed by atoms with E-state index in [2.05, 4.69) is 5.32 Å². The number of amides is 2. The van der Waals surface area contributed by atoms with E-state index in [9.17, 15) is 14.7 Å². The highest BCUT2D eigenvalue weighted by Crippen LogP contribution is 2.25. The lowest BCUT2D eigenvalue weighted by Crippen LogP contribution is -2.58. The number of aliphatic hydroxyl groups is 1. The second kappa shape index (κ2) is 7.51. The molecule has 1 aliphatic rings. The first kappa shape index (κ1) is 18.0.